The van der Waals surface area contributed by atoms with Crippen LogP contribution in [-0.4, -0.2) is 32.3 Å². The van der Waals surface area contributed by atoms with Crippen LogP contribution in [0.25, 0.3) is 0 Å². The Hall–Kier alpha value is -3.13. The van der Waals surface area contributed by atoms with E-state index in [9.17, 15) is 9.59 Å². The van der Waals surface area contributed by atoms with Crippen molar-refractivity contribution in [2.75, 3.05) is 11.1 Å². The van der Waals surface area contributed by atoms with Crippen LogP contribution in [0, 0.1) is 19.8 Å². The Morgan fingerprint density at radius 2 is 1.67 bits per heavy atom. The van der Waals surface area contributed by atoms with Gasteiger partial charge in [0.15, 0.2) is 11.0 Å². The molecule has 0 unspecified atom stereocenters. The minimum absolute atomic E-state index is 0.0950. The average molecular weight is 466 g/mol. The monoisotopic (exact) mass is 465 g/mol. The first-order valence-electron chi connectivity index (χ1n) is 11.1. The fraction of sp³-hybridized carbons (Fsp3) is 0.360. The van der Waals surface area contributed by atoms with E-state index in [2.05, 4.69) is 20.8 Å². The number of para-hydroxylation sites is 1. The largest absolute Gasteiger partial charge is 0.342 e. The third-order valence-corrected chi connectivity index (χ3v) is 6.37. The van der Waals surface area contributed by atoms with Crippen molar-refractivity contribution in [2.45, 2.75) is 52.4 Å². The maximum Gasteiger partial charge on any atom is 0.251 e. The van der Waals surface area contributed by atoms with Crippen molar-refractivity contribution >= 4 is 29.3 Å². The van der Waals surface area contributed by atoms with Crippen molar-refractivity contribution in [1.82, 2.24) is 20.1 Å². The van der Waals surface area contributed by atoms with Crippen LogP contribution in [0.1, 0.15) is 54.1 Å². The second-order valence-electron chi connectivity index (χ2n) is 8.25. The minimum atomic E-state index is -0.303. The molecule has 0 aliphatic heterocycles. The molecule has 2 aromatic carbocycles. The van der Waals surface area contributed by atoms with Crippen LogP contribution in [0.5, 0.6) is 0 Å². The number of rotatable bonds is 9. The number of benzene rings is 2. The maximum atomic E-state index is 12.8. The smallest absolute Gasteiger partial charge is 0.251 e. The molecule has 0 bridgehead atoms. The predicted molar refractivity (Wildman–Crippen MR) is 132 cm³/mol. The van der Waals surface area contributed by atoms with Crippen molar-refractivity contribution in [1.29, 1.82) is 0 Å². The molecule has 7 nitrogen and oxygen atoms in total. The molecule has 0 radical (unpaired) electrons. The SMILES string of the molecule is CCn1c(SCC(=O)Nc2c(C)cccc2C)nnc1[C@H](NC(=O)c1ccccc1)C(C)C. The number of anilines is 1. The van der Waals surface area contributed by atoms with Gasteiger partial charge in [-0.15, -0.1) is 10.2 Å². The van der Waals surface area contributed by atoms with Crippen molar-refractivity contribution in [2.24, 2.45) is 5.92 Å². The summed E-state index contributed by atoms with van der Waals surface area (Å²) in [6, 6.07) is 14.8. The number of carbonyl (C=O) groups excluding carboxylic acids is 2. The number of hydrogen-bond donors (Lipinski definition) is 2. The molecule has 2 amide bonds. The maximum absolute atomic E-state index is 12.8. The van der Waals surface area contributed by atoms with Crippen molar-refractivity contribution < 1.29 is 9.59 Å². The van der Waals surface area contributed by atoms with E-state index in [1.54, 1.807) is 12.1 Å². The summed E-state index contributed by atoms with van der Waals surface area (Å²) in [5.74, 6) is 0.769. The highest BCUT2D eigenvalue weighted by Crippen LogP contribution is 2.26. The summed E-state index contributed by atoms with van der Waals surface area (Å²) in [4.78, 5) is 25.4. The number of aromatic nitrogens is 3. The van der Waals surface area contributed by atoms with E-state index in [0.717, 1.165) is 16.8 Å². The second-order valence-corrected chi connectivity index (χ2v) is 9.19. The molecule has 1 aromatic heterocycles. The molecule has 0 aliphatic carbocycles. The van der Waals surface area contributed by atoms with Gasteiger partial charge in [0.2, 0.25) is 5.91 Å². The van der Waals surface area contributed by atoms with Gasteiger partial charge in [0, 0.05) is 17.8 Å². The summed E-state index contributed by atoms with van der Waals surface area (Å²) in [6.07, 6.45) is 0. The summed E-state index contributed by atoms with van der Waals surface area (Å²) in [5, 5.41) is 15.5. The van der Waals surface area contributed by atoms with E-state index < -0.39 is 0 Å². The van der Waals surface area contributed by atoms with Crippen molar-refractivity contribution in [3.63, 3.8) is 0 Å². The third kappa shape index (κ3) is 6.01. The Bertz CT molecular complexity index is 1090. The molecule has 2 N–H and O–H groups in total. The van der Waals surface area contributed by atoms with Gasteiger partial charge in [0.1, 0.15) is 0 Å². The van der Waals surface area contributed by atoms with Crippen molar-refractivity contribution in [3.05, 3.63) is 71.0 Å². The molecule has 1 atom stereocenters. The Kier molecular flexibility index (Phi) is 8.27. The third-order valence-electron chi connectivity index (χ3n) is 5.41. The lowest BCUT2D eigenvalue weighted by atomic mass is 10.0. The van der Waals surface area contributed by atoms with Gasteiger partial charge in [-0.3, -0.25) is 9.59 Å². The van der Waals surface area contributed by atoms with E-state index in [1.165, 1.54) is 11.8 Å². The van der Waals surface area contributed by atoms with Crippen LogP contribution < -0.4 is 10.6 Å². The number of thioether (sulfide) groups is 1. The highest BCUT2D eigenvalue weighted by molar-refractivity contribution is 7.99. The van der Waals surface area contributed by atoms with Crippen LogP contribution in [0.4, 0.5) is 5.69 Å². The Labute approximate surface area is 199 Å². The summed E-state index contributed by atoms with van der Waals surface area (Å²) in [6.45, 7) is 10.7. The number of nitrogens with zero attached hydrogens (tertiary/aromatic N) is 3. The quantitative estimate of drug-likeness (QED) is 0.444. The van der Waals surface area contributed by atoms with Gasteiger partial charge in [-0.25, -0.2) is 0 Å². The molecule has 0 spiro atoms. The zero-order valence-electron chi connectivity index (χ0n) is 19.8. The molecule has 174 valence electrons. The van der Waals surface area contributed by atoms with Crippen LogP contribution in [0.3, 0.4) is 0 Å². The molecule has 1 heterocycles. The van der Waals surface area contributed by atoms with Gasteiger partial charge in [0.25, 0.3) is 5.91 Å². The van der Waals surface area contributed by atoms with Gasteiger partial charge in [0.05, 0.1) is 11.8 Å². The first-order valence-corrected chi connectivity index (χ1v) is 12.1. The number of carbonyl (C=O) groups is 2. The highest BCUT2D eigenvalue weighted by Gasteiger charge is 2.26. The Morgan fingerprint density at radius 3 is 2.27 bits per heavy atom. The van der Waals surface area contributed by atoms with E-state index >= 15 is 0 Å². The van der Waals surface area contributed by atoms with Gasteiger partial charge in [-0.05, 0) is 49.9 Å². The van der Waals surface area contributed by atoms with Crippen LogP contribution in [0.15, 0.2) is 53.7 Å². The summed E-state index contributed by atoms with van der Waals surface area (Å²) < 4.78 is 1.97. The number of aryl methyl sites for hydroxylation is 2. The van der Waals surface area contributed by atoms with Gasteiger partial charge in [-0.2, -0.15) is 0 Å². The van der Waals surface area contributed by atoms with E-state index in [-0.39, 0.29) is 29.5 Å². The topological polar surface area (TPSA) is 88.9 Å². The van der Waals surface area contributed by atoms with Gasteiger partial charge in [-0.1, -0.05) is 62.0 Å². The summed E-state index contributed by atoms with van der Waals surface area (Å²) in [7, 11) is 0. The predicted octanol–water partition coefficient (Wildman–Crippen LogP) is 4.77. The van der Waals surface area contributed by atoms with E-state index in [0.29, 0.717) is 23.1 Å². The lowest BCUT2D eigenvalue weighted by molar-refractivity contribution is -0.113. The molecule has 0 fully saturated rings. The molecule has 8 heteroatoms. The molecular weight excluding hydrogens is 434 g/mol. The zero-order chi connectivity index (χ0) is 24.0. The van der Waals surface area contributed by atoms with Crippen molar-refractivity contribution in [3.8, 4) is 0 Å². The van der Waals surface area contributed by atoms with Crippen LogP contribution in [-0.2, 0) is 11.3 Å². The molecule has 0 saturated heterocycles. The summed E-state index contributed by atoms with van der Waals surface area (Å²) >= 11 is 1.34. The fourth-order valence-electron chi connectivity index (χ4n) is 3.59. The number of amides is 2. The zero-order valence-corrected chi connectivity index (χ0v) is 20.6. The van der Waals surface area contributed by atoms with Crippen LogP contribution >= 0.6 is 11.8 Å². The highest BCUT2D eigenvalue weighted by atomic mass is 32.2. The lowest BCUT2D eigenvalue weighted by Gasteiger charge is -2.22. The first kappa shape index (κ1) is 24.5. The van der Waals surface area contributed by atoms with Gasteiger partial charge < -0.3 is 15.2 Å². The minimum Gasteiger partial charge on any atom is -0.342 e. The second kappa shape index (κ2) is 11.1. The average Bonchev–Trinajstić information content (AvgIpc) is 3.21. The number of nitrogens with one attached hydrogen (secondary N) is 2. The summed E-state index contributed by atoms with van der Waals surface area (Å²) in [5.41, 5.74) is 3.51. The Morgan fingerprint density at radius 1 is 1.00 bits per heavy atom. The first-order chi connectivity index (χ1) is 15.8. The number of hydrogen-bond acceptors (Lipinski definition) is 5. The molecule has 0 aliphatic rings. The molecule has 0 saturated carbocycles. The molecule has 3 aromatic rings. The molecule has 33 heavy (non-hydrogen) atoms. The van der Waals surface area contributed by atoms with E-state index in [1.807, 2.05) is 75.6 Å². The molecular formula is C25H31N5O2S. The fourth-order valence-corrected chi connectivity index (χ4v) is 4.40. The Balaban J connectivity index is 1.72. The lowest BCUT2D eigenvalue weighted by Crippen LogP contribution is -2.33. The van der Waals surface area contributed by atoms with Crippen LogP contribution in [0.2, 0.25) is 0 Å². The van der Waals surface area contributed by atoms with E-state index in [4.69, 9.17) is 0 Å². The standard InChI is InChI=1S/C25H31N5O2S/c1-6-30-23(21(16(2)3)27-24(32)19-13-8-7-9-14-19)28-29-25(30)33-15-20(31)26-22-17(4)11-10-12-18(22)5/h7-14,16,21H,6,15H2,1-5H3,(H,26,31)(H,27,32)/t21-/m1/s1. The van der Waals surface area contributed by atoms with Gasteiger partial charge >= 0.3 is 0 Å². The molecule has 3 rings (SSSR count). The normalized spacial score (nSPS) is 11.9.